The van der Waals surface area contributed by atoms with E-state index < -0.39 is 4.92 Å². The van der Waals surface area contributed by atoms with E-state index in [2.05, 4.69) is 25.9 Å². The molecule has 19 heavy (non-hydrogen) atoms. The van der Waals surface area contributed by atoms with Gasteiger partial charge >= 0.3 is 5.69 Å². The van der Waals surface area contributed by atoms with Crippen molar-refractivity contribution >= 4 is 33.2 Å². The van der Waals surface area contributed by atoms with Crippen molar-refractivity contribution in [2.24, 2.45) is 0 Å². The van der Waals surface area contributed by atoms with Crippen molar-refractivity contribution in [2.75, 3.05) is 0 Å². The van der Waals surface area contributed by atoms with Crippen LogP contribution >= 0.6 is 27.5 Å². The Morgan fingerprint density at radius 3 is 2.89 bits per heavy atom. The first-order chi connectivity index (χ1) is 8.97. The van der Waals surface area contributed by atoms with Crippen LogP contribution in [0, 0.1) is 17.0 Å². The maximum Gasteiger partial charge on any atom is 0.311 e. The van der Waals surface area contributed by atoms with E-state index in [0.29, 0.717) is 4.47 Å². The lowest BCUT2D eigenvalue weighted by Crippen LogP contribution is -1.96. The maximum absolute atomic E-state index is 10.9. The van der Waals surface area contributed by atoms with Gasteiger partial charge in [0.25, 0.3) is 0 Å². The van der Waals surface area contributed by atoms with Crippen molar-refractivity contribution in [2.45, 2.75) is 6.92 Å². The Kier molecular flexibility index (Phi) is 3.96. The van der Waals surface area contributed by atoms with Crippen molar-refractivity contribution in [3.63, 3.8) is 0 Å². The zero-order valence-corrected chi connectivity index (χ0v) is 12.0. The highest BCUT2D eigenvalue weighted by molar-refractivity contribution is 9.10. The first-order valence-electron chi connectivity index (χ1n) is 5.08. The predicted octanol–water partition coefficient (Wildman–Crippen LogP) is 3.90. The second kappa shape index (κ2) is 5.50. The molecule has 0 unspecified atom stereocenters. The summed E-state index contributed by atoms with van der Waals surface area (Å²) < 4.78 is 5.89. The molecule has 6 nitrogen and oxygen atoms in total. The van der Waals surface area contributed by atoms with E-state index >= 15 is 0 Å². The molecule has 8 heteroatoms. The van der Waals surface area contributed by atoms with E-state index in [1.54, 1.807) is 19.1 Å². The van der Waals surface area contributed by atoms with E-state index in [1.165, 1.54) is 12.3 Å². The van der Waals surface area contributed by atoms with Gasteiger partial charge in [0, 0.05) is 12.3 Å². The van der Waals surface area contributed by atoms with Gasteiger partial charge in [-0.1, -0.05) is 6.07 Å². The molecule has 0 atom stereocenters. The third-order valence-electron chi connectivity index (χ3n) is 2.20. The van der Waals surface area contributed by atoms with Crippen molar-refractivity contribution in [1.82, 2.24) is 9.97 Å². The molecular formula is C11H7BrClN3O3. The fraction of sp³-hybridized carbons (Fsp3) is 0.0909. The van der Waals surface area contributed by atoms with Crippen molar-refractivity contribution < 1.29 is 9.66 Å². The smallest absolute Gasteiger partial charge is 0.311 e. The van der Waals surface area contributed by atoms with E-state index in [0.717, 1.165) is 5.56 Å². The van der Waals surface area contributed by atoms with Gasteiger partial charge in [-0.25, -0.2) is 4.98 Å². The van der Waals surface area contributed by atoms with E-state index in [9.17, 15) is 10.1 Å². The van der Waals surface area contributed by atoms with Gasteiger partial charge in [0.15, 0.2) is 0 Å². The molecule has 0 radical (unpaired) electrons. The predicted molar refractivity (Wildman–Crippen MR) is 72.6 cm³/mol. The number of hydrogen-bond donors (Lipinski definition) is 0. The summed E-state index contributed by atoms with van der Waals surface area (Å²) in [5, 5.41) is 10.9. The normalized spacial score (nSPS) is 10.3. The van der Waals surface area contributed by atoms with Gasteiger partial charge in [0.05, 0.1) is 9.40 Å². The number of aromatic nitrogens is 2. The summed E-state index contributed by atoms with van der Waals surface area (Å²) in [6, 6.07) is 4.56. The lowest BCUT2D eigenvalue weighted by atomic mass is 10.2. The average molecular weight is 345 g/mol. The van der Waals surface area contributed by atoms with E-state index in [1.807, 2.05) is 0 Å². The van der Waals surface area contributed by atoms with Crippen molar-refractivity contribution in [3.05, 3.63) is 49.8 Å². The molecule has 2 rings (SSSR count). The lowest BCUT2D eigenvalue weighted by molar-refractivity contribution is -0.385. The maximum atomic E-state index is 10.9. The average Bonchev–Trinajstić information content (AvgIpc) is 2.33. The summed E-state index contributed by atoms with van der Waals surface area (Å²) in [4.78, 5) is 18.0. The molecule has 1 aromatic heterocycles. The highest BCUT2D eigenvalue weighted by atomic mass is 79.9. The van der Waals surface area contributed by atoms with E-state index in [-0.39, 0.29) is 22.6 Å². The minimum Gasteiger partial charge on any atom is -0.430 e. The standard InChI is InChI=1S/C11H7BrClN3O3/c1-6-2-3-8(16(17)18)9(4-6)19-10-7(12)5-14-11(13)15-10/h2-5H,1H3. The molecule has 2 aromatic rings. The number of nitro benzene ring substituents is 1. The molecule has 0 amide bonds. The lowest BCUT2D eigenvalue weighted by Gasteiger charge is -2.07. The summed E-state index contributed by atoms with van der Waals surface area (Å²) >= 11 is 8.85. The molecule has 0 aliphatic carbocycles. The van der Waals surface area contributed by atoms with Gasteiger partial charge in [-0.05, 0) is 46.1 Å². The van der Waals surface area contributed by atoms with Gasteiger partial charge in [-0.15, -0.1) is 0 Å². The van der Waals surface area contributed by atoms with Gasteiger partial charge in [-0.3, -0.25) is 10.1 Å². The highest BCUT2D eigenvalue weighted by Gasteiger charge is 2.17. The molecule has 0 fully saturated rings. The van der Waals surface area contributed by atoms with Crippen molar-refractivity contribution in [3.8, 4) is 11.6 Å². The summed E-state index contributed by atoms with van der Waals surface area (Å²) in [6.45, 7) is 1.80. The van der Waals surface area contributed by atoms with Crippen LogP contribution in [0.5, 0.6) is 11.6 Å². The fourth-order valence-electron chi connectivity index (χ4n) is 1.36. The fourth-order valence-corrected chi connectivity index (χ4v) is 1.76. The van der Waals surface area contributed by atoms with Crippen LogP contribution in [0.25, 0.3) is 0 Å². The van der Waals surface area contributed by atoms with Crippen LogP contribution in [0.3, 0.4) is 0 Å². The number of nitrogens with zero attached hydrogens (tertiary/aromatic N) is 3. The summed E-state index contributed by atoms with van der Waals surface area (Å²) in [6.07, 6.45) is 1.41. The Bertz CT molecular complexity index is 651. The van der Waals surface area contributed by atoms with Gasteiger partial charge in [-0.2, -0.15) is 4.98 Å². The molecule has 0 saturated heterocycles. The van der Waals surface area contributed by atoms with E-state index in [4.69, 9.17) is 16.3 Å². The number of rotatable bonds is 3. The van der Waals surface area contributed by atoms with Gasteiger partial charge < -0.3 is 4.74 Å². The zero-order valence-electron chi connectivity index (χ0n) is 9.63. The molecule has 0 bridgehead atoms. The molecule has 1 heterocycles. The largest absolute Gasteiger partial charge is 0.430 e. The number of halogens is 2. The first-order valence-corrected chi connectivity index (χ1v) is 6.25. The molecule has 0 aliphatic heterocycles. The summed E-state index contributed by atoms with van der Waals surface area (Å²) in [7, 11) is 0. The van der Waals surface area contributed by atoms with Crippen LogP contribution in [-0.4, -0.2) is 14.9 Å². The Morgan fingerprint density at radius 1 is 1.47 bits per heavy atom. The Labute approximate surface area is 121 Å². The number of ether oxygens (including phenoxy) is 1. The quantitative estimate of drug-likeness (QED) is 0.479. The summed E-state index contributed by atoms with van der Waals surface area (Å²) in [5.41, 5.74) is 0.684. The molecule has 0 N–H and O–H groups in total. The minimum absolute atomic E-state index is 0.00601. The van der Waals surface area contributed by atoms with Crippen LogP contribution in [-0.2, 0) is 0 Å². The van der Waals surface area contributed by atoms with Gasteiger partial charge in [0.2, 0.25) is 16.9 Å². The molecule has 98 valence electrons. The molecule has 0 saturated carbocycles. The van der Waals surface area contributed by atoms with Crippen LogP contribution < -0.4 is 4.74 Å². The molecule has 1 aromatic carbocycles. The van der Waals surface area contributed by atoms with Gasteiger partial charge in [0.1, 0.15) is 0 Å². The van der Waals surface area contributed by atoms with Crippen LogP contribution in [0.2, 0.25) is 5.28 Å². The third kappa shape index (κ3) is 3.18. The number of hydrogen-bond acceptors (Lipinski definition) is 5. The van der Waals surface area contributed by atoms with Crippen LogP contribution in [0.4, 0.5) is 5.69 Å². The number of benzene rings is 1. The van der Waals surface area contributed by atoms with Crippen molar-refractivity contribution in [1.29, 1.82) is 0 Å². The topological polar surface area (TPSA) is 78.2 Å². The summed E-state index contributed by atoms with van der Waals surface area (Å²) in [5.74, 6) is 0.217. The Hall–Kier alpha value is -1.73. The van der Waals surface area contributed by atoms with Crippen LogP contribution in [0.15, 0.2) is 28.9 Å². The Balaban J connectivity index is 2.45. The minimum atomic E-state index is -0.522. The SMILES string of the molecule is Cc1ccc([N+](=O)[O-])c(Oc2nc(Cl)ncc2Br)c1. The molecule has 0 aliphatic rings. The zero-order chi connectivity index (χ0) is 14.0. The highest BCUT2D eigenvalue weighted by Crippen LogP contribution is 2.34. The number of aryl methyl sites for hydroxylation is 1. The first kappa shape index (κ1) is 13.7. The second-order valence-corrected chi connectivity index (χ2v) is 4.81. The third-order valence-corrected chi connectivity index (χ3v) is 2.93. The number of nitro groups is 1. The van der Waals surface area contributed by atoms with Crippen LogP contribution in [0.1, 0.15) is 5.56 Å². The Morgan fingerprint density at radius 2 is 2.21 bits per heavy atom. The molecular weight excluding hydrogens is 337 g/mol. The second-order valence-electron chi connectivity index (χ2n) is 3.62. The molecule has 0 spiro atoms. The monoisotopic (exact) mass is 343 g/mol.